The Bertz CT molecular complexity index is 2000. The van der Waals surface area contributed by atoms with Gasteiger partial charge in [-0.1, -0.05) is 13.8 Å². The number of carbonyl (C=O) groups excluding carboxylic acids is 4. The van der Waals surface area contributed by atoms with E-state index in [9.17, 15) is 38.2 Å². The number of fused-ring (bicyclic) bond motifs is 2. The van der Waals surface area contributed by atoms with Gasteiger partial charge in [0.2, 0.25) is 17.7 Å². The van der Waals surface area contributed by atoms with Gasteiger partial charge in [-0.3, -0.25) is 19.2 Å². The number of likely N-dealkylation sites (N-methyl/N-ethyl adjacent to an activating group) is 2. The number of ketones is 1. The molecule has 13 nitrogen and oxygen atoms in total. The Kier molecular flexibility index (Phi) is 13.4. The van der Waals surface area contributed by atoms with Crippen LogP contribution in [0.4, 0.5) is 8.78 Å². The van der Waals surface area contributed by atoms with Crippen LogP contribution in [0.2, 0.25) is 0 Å². The number of Topliss-reactive ketones (excluding diaryl/α,β-unsaturated/α-hetero) is 1. The topological polar surface area (TPSA) is 183 Å². The highest BCUT2D eigenvalue weighted by molar-refractivity contribution is 5.97. The van der Waals surface area contributed by atoms with Crippen molar-refractivity contribution in [3.8, 4) is 11.4 Å². The number of rotatable bonds is 16. The first-order chi connectivity index (χ1) is 27.7. The third-order valence-electron chi connectivity index (χ3n) is 12.3. The SMILES string of the molecule is CC[C@H](CC(=O)[C@@H](C)NC)C(=O)N1C[C@H](O)C[C@@H]1Cc1c(-c2[nH]c3cc(F)ccc3c2C[C@H]2C[C@@H](O)CN2C(=O)[C@@H](CC)NC(=O)[C@@H](C)NC)[nH]c2cc(F)ccc12. The van der Waals surface area contributed by atoms with Crippen molar-refractivity contribution in [2.45, 2.75) is 115 Å². The summed E-state index contributed by atoms with van der Waals surface area (Å²) in [5.41, 5.74) is 3.65. The molecule has 2 aromatic heterocycles. The van der Waals surface area contributed by atoms with Gasteiger partial charge in [0.25, 0.3) is 0 Å². The lowest BCUT2D eigenvalue weighted by Gasteiger charge is -2.30. The Morgan fingerprint density at radius 1 is 0.759 bits per heavy atom. The van der Waals surface area contributed by atoms with Gasteiger partial charge >= 0.3 is 0 Å². The zero-order valence-corrected chi connectivity index (χ0v) is 34.1. The molecule has 15 heteroatoms. The van der Waals surface area contributed by atoms with Crippen LogP contribution in [0.3, 0.4) is 0 Å². The summed E-state index contributed by atoms with van der Waals surface area (Å²) in [6.07, 6.45) is 0.360. The van der Waals surface area contributed by atoms with E-state index < -0.39 is 60.0 Å². The minimum absolute atomic E-state index is 0.0685. The number of benzene rings is 2. The second-order valence-electron chi connectivity index (χ2n) is 16.1. The lowest BCUT2D eigenvalue weighted by molar-refractivity contribution is -0.139. The number of H-pyrrole nitrogens is 2. The van der Waals surface area contributed by atoms with Crippen LogP contribution in [0, 0.1) is 17.6 Å². The number of hydrogen-bond acceptors (Lipinski definition) is 8. The smallest absolute Gasteiger partial charge is 0.245 e. The molecule has 7 N–H and O–H groups in total. The second-order valence-corrected chi connectivity index (χ2v) is 16.1. The number of aromatic nitrogens is 2. The number of carbonyl (C=O) groups is 4. The van der Waals surface area contributed by atoms with Crippen LogP contribution in [-0.4, -0.2) is 123 Å². The lowest BCUT2D eigenvalue weighted by Crippen LogP contribution is -2.53. The largest absolute Gasteiger partial charge is 0.391 e. The number of aliphatic hydroxyl groups excluding tert-OH is 2. The van der Waals surface area contributed by atoms with Crippen molar-refractivity contribution >= 4 is 45.3 Å². The van der Waals surface area contributed by atoms with E-state index in [0.717, 1.165) is 11.1 Å². The zero-order valence-electron chi connectivity index (χ0n) is 34.1. The maximum atomic E-state index is 14.8. The Morgan fingerprint density at radius 3 is 1.69 bits per heavy atom. The van der Waals surface area contributed by atoms with Gasteiger partial charge in [-0.25, -0.2) is 8.78 Å². The molecule has 6 rings (SSSR count). The minimum atomic E-state index is -0.813. The number of amides is 3. The van der Waals surface area contributed by atoms with Gasteiger partial charge in [0, 0.05) is 59.3 Å². The Labute approximate surface area is 337 Å². The monoisotopic (exact) mass is 805 g/mol. The summed E-state index contributed by atoms with van der Waals surface area (Å²) in [5, 5.41) is 32.0. The van der Waals surface area contributed by atoms with E-state index in [1.165, 1.54) is 24.3 Å². The van der Waals surface area contributed by atoms with E-state index in [1.807, 2.05) is 13.8 Å². The molecule has 4 heterocycles. The zero-order chi connectivity index (χ0) is 42.0. The minimum Gasteiger partial charge on any atom is -0.391 e. The third kappa shape index (κ3) is 8.82. The quantitative estimate of drug-likeness (QED) is 0.0895. The molecule has 2 saturated heterocycles. The molecule has 0 saturated carbocycles. The predicted octanol–water partition coefficient (Wildman–Crippen LogP) is 3.70. The second kappa shape index (κ2) is 18.1. The van der Waals surface area contributed by atoms with Gasteiger partial charge in [0.1, 0.15) is 23.5 Å². The highest BCUT2D eigenvalue weighted by Crippen LogP contribution is 2.40. The van der Waals surface area contributed by atoms with E-state index in [1.54, 1.807) is 49.9 Å². The number of nitrogens with one attached hydrogen (secondary N) is 5. The first-order valence-corrected chi connectivity index (χ1v) is 20.4. The van der Waals surface area contributed by atoms with Crippen molar-refractivity contribution in [1.82, 2.24) is 35.7 Å². The molecule has 0 unspecified atom stereocenters. The fourth-order valence-electron chi connectivity index (χ4n) is 8.68. The Morgan fingerprint density at radius 2 is 1.24 bits per heavy atom. The average molecular weight is 806 g/mol. The molecule has 314 valence electrons. The van der Waals surface area contributed by atoms with Crippen LogP contribution in [-0.2, 0) is 32.0 Å². The summed E-state index contributed by atoms with van der Waals surface area (Å²) >= 11 is 0. The summed E-state index contributed by atoms with van der Waals surface area (Å²) in [5.74, 6) is -2.40. The lowest BCUT2D eigenvalue weighted by atomic mass is 9.93. The molecule has 2 aliphatic rings. The van der Waals surface area contributed by atoms with Gasteiger partial charge in [0.15, 0.2) is 0 Å². The number of aromatic amines is 2. The molecule has 2 aliphatic heterocycles. The van der Waals surface area contributed by atoms with Crippen LogP contribution in [0.25, 0.3) is 33.2 Å². The molecule has 2 aromatic carbocycles. The predicted molar refractivity (Wildman–Crippen MR) is 218 cm³/mol. The summed E-state index contributed by atoms with van der Waals surface area (Å²) < 4.78 is 29.6. The van der Waals surface area contributed by atoms with E-state index in [0.29, 0.717) is 52.5 Å². The van der Waals surface area contributed by atoms with Crippen molar-refractivity contribution in [3.63, 3.8) is 0 Å². The normalized spacial score (nSPS) is 21.8. The highest BCUT2D eigenvalue weighted by Gasteiger charge is 2.41. The number of halogens is 2. The Hall–Kier alpha value is -4.70. The van der Waals surface area contributed by atoms with Crippen LogP contribution >= 0.6 is 0 Å². The van der Waals surface area contributed by atoms with Gasteiger partial charge < -0.3 is 45.9 Å². The summed E-state index contributed by atoms with van der Waals surface area (Å²) in [6, 6.07) is 6.17. The van der Waals surface area contributed by atoms with E-state index in [2.05, 4.69) is 25.9 Å². The fraction of sp³-hybridized carbons (Fsp3) is 0.535. The summed E-state index contributed by atoms with van der Waals surface area (Å²) in [4.78, 5) is 64.0. The first-order valence-electron chi connectivity index (χ1n) is 20.4. The number of β-amino-alcohol motifs (C(OH)–C–C–N with tert-alkyl or cyclic N) is 2. The van der Waals surface area contributed by atoms with E-state index >= 15 is 0 Å². The molecule has 4 aromatic rings. The summed E-state index contributed by atoms with van der Waals surface area (Å²) in [6.45, 7) is 7.33. The average Bonchev–Trinajstić information content (AvgIpc) is 3.96. The fourth-order valence-corrected chi connectivity index (χ4v) is 8.68. The first kappa shape index (κ1) is 42.9. The standard InChI is InChI=1S/C43H57F2N7O6/c1-7-24(13-38(55)22(3)46-5)42(57)51-20-29(53)16-27(51)18-33-31-11-9-25(44)14-36(31)48-39(33)40-34(32-12-10-26(45)15-37(32)49-40)19-28-17-30(54)21-52(28)43(58)35(8-2)50-41(56)23(4)47-6/h9-12,14-15,22-24,27-30,35,46-49,53-54H,7-8,13,16-21H2,1-6H3,(H,50,56)/t22-,23-,24-,27-,28-,29-,30-,35-/m1/s1. The highest BCUT2D eigenvalue weighted by atomic mass is 19.1. The molecule has 0 aliphatic carbocycles. The van der Waals surface area contributed by atoms with Gasteiger partial charge in [-0.05, 0) is 114 Å². The molecule has 0 bridgehead atoms. The molecule has 3 amide bonds. The van der Waals surface area contributed by atoms with Crippen LogP contribution in [0.15, 0.2) is 36.4 Å². The maximum absolute atomic E-state index is 14.8. The molecular formula is C43H57F2N7O6. The maximum Gasteiger partial charge on any atom is 0.245 e. The van der Waals surface area contributed by atoms with Crippen LogP contribution < -0.4 is 16.0 Å². The van der Waals surface area contributed by atoms with Gasteiger partial charge in [0.05, 0.1) is 35.7 Å². The molecule has 0 radical (unpaired) electrons. The molecule has 8 atom stereocenters. The van der Waals surface area contributed by atoms with Crippen molar-refractivity contribution in [1.29, 1.82) is 0 Å². The summed E-state index contributed by atoms with van der Waals surface area (Å²) in [7, 11) is 3.35. The van der Waals surface area contributed by atoms with E-state index in [4.69, 9.17) is 0 Å². The van der Waals surface area contributed by atoms with E-state index in [-0.39, 0.29) is 62.3 Å². The number of aliphatic hydroxyl groups is 2. The Balaban J connectivity index is 1.40. The molecule has 58 heavy (non-hydrogen) atoms. The van der Waals surface area contributed by atoms with Crippen LogP contribution in [0.5, 0.6) is 0 Å². The third-order valence-corrected chi connectivity index (χ3v) is 12.3. The molecule has 2 fully saturated rings. The molecule has 0 spiro atoms. The van der Waals surface area contributed by atoms with Crippen molar-refractivity contribution in [3.05, 3.63) is 59.2 Å². The van der Waals surface area contributed by atoms with Crippen molar-refractivity contribution < 1.29 is 38.2 Å². The van der Waals surface area contributed by atoms with Crippen molar-refractivity contribution in [2.75, 3.05) is 27.2 Å². The van der Waals surface area contributed by atoms with Crippen LogP contribution in [0.1, 0.15) is 70.9 Å². The van der Waals surface area contributed by atoms with Gasteiger partial charge in [-0.2, -0.15) is 0 Å². The number of hydrogen-bond donors (Lipinski definition) is 7. The molecular weight excluding hydrogens is 749 g/mol. The van der Waals surface area contributed by atoms with Gasteiger partial charge in [-0.15, -0.1) is 0 Å². The number of nitrogens with zero attached hydrogens (tertiary/aromatic N) is 2. The number of likely N-dealkylation sites (tertiary alicyclic amines) is 2. The van der Waals surface area contributed by atoms with Crippen molar-refractivity contribution in [2.24, 2.45) is 5.92 Å².